The lowest BCUT2D eigenvalue weighted by atomic mass is 9.86. The van der Waals surface area contributed by atoms with E-state index in [2.05, 4.69) is 5.29 Å². The summed E-state index contributed by atoms with van der Waals surface area (Å²) in [7, 11) is 1.72. The number of aliphatic hydroxyl groups excluding tert-OH is 1. The van der Waals surface area contributed by atoms with Gasteiger partial charge in [-0.25, -0.2) is 0 Å². The van der Waals surface area contributed by atoms with Crippen molar-refractivity contribution in [2.45, 2.75) is 31.7 Å². The first-order chi connectivity index (χ1) is 5.77. The third-order valence-corrected chi connectivity index (χ3v) is 2.73. The van der Waals surface area contributed by atoms with Crippen LogP contribution in [-0.2, 0) is 0 Å². The van der Waals surface area contributed by atoms with Gasteiger partial charge in [0, 0.05) is 19.7 Å². The molecule has 0 radical (unpaired) electrons. The number of hydrogen-bond acceptors (Lipinski definition) is 3. The van der Waals surface area contributed by atoms with Gasteiger partial charge in [-0.1, -0.05) is 0 Å². The minimum atomic E-state index is 0.283. The molecule has 0 heterocycles. The molecule has 70 valence electrons. The average molecular weight is 172 g/mol. The minimum absolute atomic E-state index is 0.283. The fraction of sp³-hybridized carbons (Fsp3) is 1.00. The Labute approximate surface area is 72.5 Å². The van der Waals surface area contributed by atoms with Gasteiger partial charge in [0.25, 0.3) is 0 Å². The van der Waals surface area contributed by atoms with Crippen LogP contribution < -0.4 is 0 Å². The molecular formula is C8H16N2O2. The zero-order valence-corrected chi connectivity index (χ0v) is 7.44. The van der Waals surface area contributed by atoms with Crippen LogP contribution in [0.5, 0.6) is 0 Å². The summed E-state index contributed by atoms with van der Waals surface area (Å²) >= 11 is 0. The third kappa shape index (κ3) is 2.17. The van der Waals surface area contributed by atoms with Crippen LogP contribution in [0.3, 0.4) is 0 Å². The average Bonchev–Trinajstić information content (AvgIpc) is 2.17. The first-order valence-electron chi connectivity index (χ1n) is 4.45. The van der Waals surface area contributed by atoms with Crippen LogP contribution in [0, 0.1) is 10.8 Å². The molecule has 0 atom stereocenters. The van der Waals surface area contributed by atoms with E-state index < -0.39 is 0 Å². The zero-order valence-electron chi connectivity index (χ0n) is 7.44. The van der Waals surface area contributed by atoms with E-state index in [0.29, 0.717) is 12.0 Å². The SMILES string of the molecule is CN(N=O)C1CCC(CO)CC1. The van der Waals surface area contributed by atoms with Gasteiger partial charge in [0.1, 0.15) is 0 Å². The quantitative estimate of drug-likeness (QED) is 0.513. The van der Waals surface area contributed by atoms with Crippen molar-refractivity contribution in [1.29, 1.82) is 0 Å². The predicted molar refractivity (Wildman–Crippen MR) is 46.4 cm³/mol. The second-order valence-electron chi connectivity index (χ2n) is 3.51. The Morgan fingerprint density at radius 3 is 2.42 bits per heavy atom. The van der Waals surface area contributed by atoms with E-state index in [4.69, 9.17) is 5.11 Å². The first kappa shape index (κ1) is 9.45. The van der Waals surface area contributed by atoms with E-state index >= 15 is 0 Å². The molecule has 0 spiro atoms. The Morgan fingerprint density at radius 2 is 2.00 bits per heavy atom. The Hall–Kier alpha value is -0.640. The van der Waals surface area contributed by atoms with E-state index in [1.807, 2.05) is 0 Å². The second-order valence-corrected chi connectivity index (χ2v) is 3.51. The van der Waals surface area contributed by atoms with Gasteiger partial charge in [-0.3, -0.25) is 5.01 Å². The van der Waals surface area contributed by atoms with Crippen molar-refractivity contribution < 1.29 is 5.11 Å². The first-order valence-corrected chi connectivity index (χ1v) is 4.45. The highest BCUT2D eigenvalue weighted by atomic mass is 16.3. The fourth-order valence-corrected chi connectivity index (χ4v) is 1.77. The van der Waals surface area contributed by atoms with E-state index in [9.17, 15) is 4.91 Å². The van der Waals surface area contributed by atoms with Crippen molar-refractivity contribution >= 4 is 0 Å². The van der Waals surface area contributed by atoms with Crippen LogP contribution in [-0.4, -0.2) is 29.8 Å². The molecule has 0 aliphatic heterocycles. The summed E-state index contributed by atoms with van der Waals surface area (Å²) in [5, 5.41) is 13.3. The summed E-state index contributed by atoms with van der Waals surface area (Å²) in [6.07, 6.45) is 3.99. The van der Waals surface area contributed by atoms with E-state index in [0.717, 1.165) is 25.7 Å². The Kier molecular flexibility index (Phi) is 3.47. The predicted octanol–water partition coefficient (Wildman–Crippen LogP) is 1.15. The number of hydrogen-bond donors (Lipinski definition) is 1. The highest BCUT2D eigenvalue weighted by Gasteiger charge is 2.23. The van der Waals surface area contributed by atoms with Gasteiger partial charge in [-0.2, -0.15) is 0 Å². The molecule has 1 fully saturated rings. The van der Waals surface area contributed by atoms with Crippen molar-refractivity contribution in [1.82, 2.24) is 5.01 Å². The van der Waals surface area contributed by atoms with Crippen LogP contribution in [0.15, 0.2) is 5.29 Å². The molecule has 0 saturated heterocycles. The molecule has 12 heavy (non-hydrogen) atoms. The molecule has 0 bridgehead atoms. The molecule has 1 N–H and O–H groups in total. The van der Waals surface area contributed by atoms with Crippen LogP contribution >= 0.6 is 0 Å². The monoisotopic (exact) mass is 172 g/mol. The highest BCUT2D eigenvalue weighted by molar-refractivity contribution is 4.76. The zero-order chi connectivity index (χ0) is 8.97. The molecule has 1 rings (SSSR count). The summed E-state index contributed by atoms with van der Waals surface area (Å²) in [5.74, 6) is 0.446. The van der Waals surface area contributed by atoms with Gasteiger partial charge in [-0.05, 0) is 31.6 Å². The minimum Gasteiger partial charge on any atom is -0.396 e. The summed E-state index contributed by atoms with van der Waals surface area (Å²) in [6.45, 7) is 0.283. The smallest absolute Gasteiger partial charge is 0.0523 e. The molecule has 0 unspecified atom stereocenters. The summed E-state index contributed by atoms with van der Waals surface area (Å²) in [6, 6.07) is 0.297. The normalized spacial score (nSPS) is 29.8. The number of nitrogens with zero attached hydrogens (tertiary/aromatic N) is 2. The topological polar surface area (TPSA) is 52.9 Å². The van der Waals surface area contributed by atoms with Crippen molar-refractivity contribution in [2.75, 3.05) is 13.7 Å². The fourth-order valence-electron chi connectivity index (χ4n) is 1.77. The molecule has 0 amide bonds. The molecule has 4 nitrogen and oxygen atoms in total. The Balaban J connectivity index is 2.30. The molecule has 4 heteroatoms. The molecule has 1 aliphatic carbocycles. The molecule has 0 aromatic heterocycles. The molecule has 1 saturated carbocycles. The molecule has 0 aromatic rings. The number of aliphatic hydroxyl groups is 1. The second kappa shape index (κ2) is 4.40. The molecule has 0 aromatic carbocycles. The molecular weight excluding hydrogens is 156 g/mol. The number of rotatable bonds is 3. The van der Waals surface area contributed by atoms with E-state index in [1.165, 1.54) is 5.01 Å². The van der Waals surface area contributed by atoms with Crippen LogP contribution in [0.4, 0.5) is 0 Å². The van der Waals surface area contributed by atoms with Gasteiger partial charge in [0.2, 0.25) is 0 Å². The summed E-state index contributed by atoms with van der Waals surface area (Å²) < 4.78 is 0. The number of nitroso groups, excluding NO2 is 1. The van der Waals surface area contributed by atoms with Crippen LogP contribution in [0.2, 0.25) is 0 Å². The maximum absolute atomic E-state index is 10.2. The van der Waals surface area contributed by atoms with Crippen molar-refractivity contribution in [2.24, 2.45) is 11.2 Å². The molecule has 1 aliphatic rings. The third-order valence-electron chi connectivity index (χ3n) is 2.73. The van der Waals surface area contributed by atoms with Crippen LogP contribution in [0.25, 0.3) is 0 Å². The van der Waals surface area contributed by atoms with Crippen molar-refractivity contribution in [3.63, 3.8) is 0 Å². The Morgan fingerprint density at radius 1 is 1.42 bits per heavy atom. The summed E-state index contributed by atoms with van der Waals surface area (Å²) in [4.78, 5) is 10.2. The van der Waals surface area contributed by atoms with Gasteiger partial charge < -0.3 is 5.11 Å². The lowest BCUT2D eigenvalue weighted by Gasteiger charge is -2.30. The lowest BCUT2D eigenvalue weighted by Crippen LogP contribution is -2.31. The van der Waals surface area contributed by atoms with Gasteiger partial charge >= 0.3 is 0 Å². The largest absolute Gasteiger partial charge is 0.396 e. The maximum Gasteiger partial charge on any atom is 0.0523 e. The van der Waals surface area contributed by atoms with E-state index in [1.54, 1.807) is 7.05 Å². The van der Waals surface area contributed by atoms with Gasteiger partial charge in [0.05, 0.1) is 5.29 Å². The van der Waals surface area contributed by atoms with Gasteiger partial charge in [0.15, 0.2) is 0 Å². The van der Waals surface area contributed by atoms with E-state index in [-0.39, 0.29) is 6.61 Å². The van der Waals surface area contributed by atoms with Crippen molar-refractivity contribution in [3.05, 3.63) is 4.91 Å². The van der Waals surface area contributed by atoms with Crippen LogP contribution in [0.1, 0.15) is 25.7 Å². The van der Waals surface area contributed by atoms with Crippen molar-refractivity contribution in [3.8, 4) is 0 Å². The lowest BCUT2D eigenvalue weighted by molar-refractivity contribution is 0.129. The summed E-state index contributed by atoms with van der Waals surface area (Å²) in [5.41, 5.74) is 0. The maximum atomic E-state index is 10.2. The highest BCUT2D eigenvalue weighted by Crippen LogP contribution is 2.26. The van der Waals surface area contributed by atoms with Gasteiger partial charge in [-0.15, -0.1) is 4.91 Å². The standard InChI is InChI=1S/C8H16N2O2/c1-10(9-12)8-4-2-7(6-11)3-5-8/h7-8,11H,2-6H2,1H3. The Bertz CT molecular complexity index is 144.